The lowest BCUT2D eigenvalue weighted by Gasteiger charge is -2.56. The predicted octanol–water partition coefficient (Wildman–Crippen LogP) is 4.43. The summed E-state index contributed by atoms with van der Waals surface area (Å²) in [5, 5.41) is 6.09. The summed E-state index contributed by atoms with van der Waals surface area (Å²) in [5.74, 6) is 2.65. The lowest BCUT2D eigenvalue weighted by molar-refractivity contribution is -0.124. The molecular weight excluding hydrogens is 504 g/mol. The fourth-order valence-electron chi connectivity index (χ4n) is 7.03. The van der Waals surface area contributed by atoms with E-state index in [9.17, 15) is 14.4 Å². The molecule has 4 saturated carbocycles. The molecule has 2 aromatic carbocycles. The highest BCUT2D eigenvalue weighted by Crippen LogP contribution is 2.55. The molecule has 0 spiro atoms. The Morgan fingerprint density at radius 3 is 2.32 bits per heavy atom. The van der Waals surface area contributed by atoms with Crippen LogP contribution < -0.4 is 20.1 Å². The van der Waals surface area contributed by atoms with Crippen molar-refractivity contribution >= 4 is 35.2 Å². The molecule has 2 aromatic rings. The molecule has 8 nitrogen and oxygen atoms in total. The number of esters is 1. The zero-order valence-corrected chi connectivity index (χ0v) is 22.0. The van der Waals surface area contributed by atoms with Crippen molar-refractivity contribution in [2.45, 2.75) is 49.0 Å². The van der Waals surface area contributed by atoms with Gasteiger partial charge in [0.1, 0.15) is 13.2 Å². The van der Waals surface area contributed by atoms with Crippen LogP contribution in [-0.4, -0.2) is 48.9 Å². The predicted molar refractivity (Wildman–Crippen MR) is 143 cm³/mol. The van der Waals surface area contributed by atoms with Crippen LogP contribution in [0, 0.1) is 17.8 Å². The monoisotopic (exact) mass is 536 g/mol. The van der Waals surface area contributed by atoms with Gasteiger partial charge in [0.05, 0.1) is 11.3 Å². The molecule has 7 rings (SSSR count). The second kappa shape index (κ2) is 10.5. The minimum atomic E-state index is -0.605. The Labute approximate surface area is 226 Å². The van der Waals surface area contributed by atoms with E-state index in [1.807, 2.05) is 6.07 Å². The number of rotatable bonds is 8. The van der Waals surface area contributed by atoms with Crippen molar-refractivity contribution in [2.75, 3.05) is 30.9 Å². The Bertz CT molecular complexity index is 1210. The summed E-state index contributed by atoms with van der Waals surface area (Å²) in [7, 11) is 0. The van der Waals surface area contributed by atoms with Gasteiger partial charge in [0, 0.05) is 22.2 Å². The average molecular weight is 537 g/mol. The normalized spacial score (nSPS) is 26.5. The molecule has 1 aliphatic heterocycles. The summed E-state index contributed by atoms with van der Waals surface area (Å²) in [6.45, 7) is 0.503. The molecule has 0 atom stereocenters. The molecule has 0 radical (unpaired) electrons. The van der Waals surface area contributed by atoms with E-state index < -0.39 is 18.5 Å². The third kappa shape index (κ3) is 5.48. The molecule has 200 valence electrons. The number of carbonyl (C=O) groups is 3. The molecule has 0 saturated heterocycles. The second-order valence-corrected chi connectivity index (χ2v) is 12.0. The van der Waals surface area contributed by atoms with E-state index in [1.54, 1.807) is 36.4 Å². The van der Waals surface area contributed by atoms with E-state index in [4.69, 9.17) is 14.2 Å². The Hall–Kier alpha value is -3.20. The summed E-state index contributed by atoms with van der Waals surface area (Å²) in [4.78, 5) is 38.8. The standard InChI is InChI=1S/C29H32N2O6S/c32-26(30-21-5-6-23-24(12-21)36-8-7-35-23)16-37-28(34)22-3-1-2-4-25(22)38-17-27(33)31-29-13-18-9-19(14-29)11-20(10-18)15-29/h1-6,12,18-20H,7-11,13-17H2,(H,30,32)(H,31,33). The summed E-state index contributed by atoms with van der Waals surface area (Å²) in [6, 6.07) is 12.1. The maximum absolute atomic E-state index is 12.9. The highest BCUT2D eigenvalue weighted by molar-refractivity contribution is 8.00. The van der Waals surface area contributed by atoms with Gasteiger partial charge in [-0.25, -0.2) is 4.79 Å². The van der Waals surface area contributed by atoms with Crippen LogP contribution in [0.15, 0.2) is 47.4 Å². The summed E-state index contributed by atoms with van der Waals surface area (Å²) >= 11 is 1.32. The first kappa shape index (κ1) is 25.1. The third-order valence-electron chi connectivity index (χ3n) is 8.07. The first-order valence-corrected chi connectivity index (χ1v) is 14.3. The fraction of sp³-hybridized carbons (Fsp3) is 0.483. The Kier molecular flexibility index (Phi) is 6.95. The molecule has 38 heavy (non-hydrogen) atoms. The van der Waals surface area contributed by atoms with Crippen LogP contribution in [0.25, 0.3) is 0 Å². The molecule has 0 unspecified atom stereocenters. The zero-order valence-electron chi connectivity index (χ0n) is 21.2. The van der Waals surface area contributed by atoms with Crippen LogP contribution in [0.4, 0.5) is 5.69 Å². The summed E-state index contributed by atoms with van der Waals surface area (Å²) in [5.41, 5.74) is 0.832. The Balaban J connectivity index is 1.01. The highest BCUT2D eigenvalue weighted by atomic mass is 32.2. The third-order valence-corrected chi connectivity index (χ3v) is 9.14. The molecular formula is C29H32N2O6S. The molecule has 0 aromatic heterocycles. The maximum Gasteiger partial charge on any atom is 0.339 e. The van der Waals surface area contributed by atoms with Crippen molar-refractivity contribution in [3.05, 3.63) is 48.0 Å². The number of amides is 2. The molecule has 1 heterocycles. The second-order valence-electron chi connectivity index (χ2n) is 11.0. The van der Waals surface area contributed by atoms with Crippen molar-refractivity contribution in [3.8, 4) is 11.5 Å². The molecule has 4 bridgehead atoms. The lowest BCUT2D eigenvalue weighted by atomic mass is 9.53. The van der Waals surface area contributed by atoms with E-state index in [1.165, 1.54) is 31.0 Å². The van der Waals surface area contributed by atoms with Gasteiger partial charge < -0.3 is 24.8 Å². The quantitative estimate of drug-likeness (QED) is 0.380. The van der Waals surface area contributed by atoms with E-state index in [2.05, 4.69) is 10.6 Å². The van der Waals surface area contributed by atoms with Crippen molar-refractivity contribution in [1.82, 2.24) is 5.32 Å². The van der Waals surface area contributed by atoms with E-state index in [-0.39, 0.29) is 17.2 Å². The van der Waals surface area contributed by atoms with Gasteiger partial charge in [0.15, 0.2) is 18.1 Å². The van der Waals surface area contributed by atoms with Crippen LogP contribution in [0.5, 0.6) is 11.5 Å². The van der Waals surface area contributed by atoms with E-state index in [0.717, 1.165) is 37.0 Å². The smallest absolute Gasteiger partial charge is 0.339 e. The fourth-order valence-corrected chi connectivity index (χ4v) is 7.87. The number of thioether (sulfide) groups is 1. The SMILES string of the molecule is O=C(COC(=O)c1ccccc1SCC(=O)NC12CC3CC(CC(C3)C1)C2)Nc1ccc2c(c1)OCCO2. The number of carbonyl (C=O) groups excluding carboxylic acids is 3. The van der Waals surface area contributed by atoms with Crippen LogP contribution in [0.1, 0.15) is 48.9 Å². The summed E-state index contributed by atoms with van der Waals surface area (Å²) < 4.78 is 16.3. The number of hydrogen-bond donors (Lipinski definition) is 2. The van der Waals surface area contributed by atoms with Gasteiger partial charge in [-0.3, -0.25) is 9.59 Å². The van der Waals surface area contributed by atoms with Crippen LogP contribution >= 0.6 is 11.8 Å². The molecule has 2 N–H and O–H groups in total. The van der Waals surface area contributed by atoms with Gasteiger partial charge in [0.2, 0.25) is 5.91 Å². The number of anilines is 1. The minimum Gasteiger partial charge on any atom is -0.486 e. The van der Waals surface area contributed by atoms with E-state index in [0.29, 0.717) is 40.9 Å². The lowest BCUT2D eigenvalue weighted by Crippen LogP contribution is -2.60. The van der Waals surface area contributed by atoms with Crippen molar-refractivity contribution in [3.63, 3.8) is 0 Å². The number of hydrogen-bond acceptors (Lipinski definition) is 7. The van der Waals surface area contributed by atoms with Crippen LogP contribution in [0.2, 0.25) is 0 Å². The zero-order chi connectivity index (χ0) is 26.1. The number of ether oxygens (including phenoxy) is 3. The molecule has 5 aliphatic rings. The van der Waals surface area contributed by atoms with Crippen LogP contribution in [-0.2, 0) is 14.3 Å². The van der Waals surface area contributed by atoms with Gasteiger partial charge in [0.25, 0.3) is 5.91 Å². The van der Waals surface area contributed by atoms with Crippen molar-refractivity contribution in [2.24, 2.45) is 17.8 Å². The van der Waals surface area contributed by atoms with Gasteiger partial charge in [-0.2, -0.15) is 0 Å². The van der Waals surface area contributed by atoms with E-state index >= 15 is 0 Å². The van der Waals surface area contributed by atoms with Crippen LogP contribution in [0.3, 0.4) is 0 Å². The van der Waals surface area contributed by atoms with Crippen molar-refractivity contribution in [1.29, 1.82) is 0 Å². The molecule has 4 fully saturated rings. The van der Waals surface area contributed by atoms with Gasteiger partial charge in [-0.05, 0) is 80.5 Å². The van der Waals surface area contributed by atoms with Gasteiger partial charge >= 0.3 is 5.97 Å². The number of benzene rings is 2. The number of fused-ring (bicyclic) bond motifs is 1. The minimum absolute atomic E-state index is 0.0129. The first-order chi connectivity index (χ1) is 18.4. The Morgan fingerprint density at radius 1 is 0.895 bits per heavy atom. The molecule has 2 amide bonds. The average Bonchev–Trinajstić information content (AvgIpc) is 2.89. The topological polar surface area (TPSA) is 103 Å². The number of nitrogens with one attached hydrogen (secondary N) is 2. The largest absolute Gasteiger partial charge is 0.486 e. The van der Waals surface area contributed by atoms with Gasteiger partial charge in [-0.1, -0.05) is 12.1 Å². The highest BCUT2D eigenvalue weighted by Gasteiger charge is 2.51. The Morgan fingerprint density at radius 2 is 1.58 bits per heavy atom. The van der Waals surface area contributed by atoms with Gasteiger partial charge in [-0.15, -0.1) is 11.8 Å². The molecule has 9 heteroatoms. The molecule has 4 aliphatic carbocycles. The van der Waals surface area contributed by atoms with Crippen molar-refractivity contribution < 1.29 is 28.6 Å². The maximum atomic E-state index is 12.9. The first-order valence-electron chi connectivity index (χ1n) is 13.3. The summed E-state index contributed by atoms with van der Waals surface area (Å²) in [6.07, 6.45) is 7.29.